The number of fused-ring (bicyclic) bond motifs is 1. The van der Waals surface area contributed by atoms with E-state index in [9.17, 15) is 21.6 Å². The zero-order valence-corrected chi connectivity index (χ0v) is 14.5. The number of benzene rings is 1. The lowest BCUT2D eigenvalue weighted by Gasteiger charge is -2.32. The van der Waals surface area contributed by atoms with Crippen LogP contribution in [-0.4, -0.2) is 37.9 Å². The van der Waals surface area contributed by atoms with Crippen molar-refractivity contribution in [2.75, 3.05) is 13.1 Å². The fraction of sp³-hybridized carbons (Fsp3) is 0.647. The summed E-state index contributed by atoms with van der Waals surface area (Å²) in [5, 5.41) is 3.32. The van der Waals surface area contributed by atoms with Crippen LogP contribution in [0, 0.1) is 11.8 Å². The average molecular weight is 374 g/mol. The molecule has 2 aliphatic carbocycles. The fourth-order valence-electron chi connectivity index (χ4n) is 4.36. The summed E-state index contributed by atoms with van der Waals surface area (Å²) in [4.78, 5) is -0.247. The third-order valence-corrected chi connectivity index (χ3v) is 7.66. The van der Waals surface area contributed by atoms with Crippen LogP contribution in [0.1, 0.15) is 31.2 Å². The van der Waals surface area contributed by atoms with Crippen molar-refractivity contribution in [2.24, 2.45) is 11.8 Å². The molecule has 4 nitrogen and oxygen atoms in total. The highest BCUT2D eigenvalue weighted by molar-refractivity contribution is 7.89. The molecule has 0 amide bonds. The zero-order chi connectivity index (χ0) is 17.8. The van der Waals surface area contributed by atoms with Crippen molar-refractivity contribution < 1.29 is 21.6 Å². The first-order chi connectivity index (χ1) is 11.8. The number of halogens is 3. The molecular weight excluding hydrogens is 353 g/mol. The second-order valence-electron chi connectivity index (χ2n) is 7.32. The van der Waals surface area contributed by atoms with Crippen molar-refractivity contribution in [3.8, 4) is 0 Å². The summed E-state index contributed by atoms with van der Waals surface area (Å²) in [6.45, 7) is 1.69. The lowest BCUT2D eigenvalue weighted by molar-refractivity contribution is -0.137. The molecule has 0 unspecified atom stereocenters. The highest BCUT2D eigenvalue weighted by Crippen LogP contribution is 2.44. The molecule has 0 spiro atoms. The standard InChI is InChI=1S/C17H21F3N2O2S/c18-17(19,20)12-2-1-3-14(8-12)25(23,24)22(13-5-6-13)16-7-4-11-9-21-10-15(11)16/h1-3,8,11,13,15-16,21H,4-7,9-10H2/t11-,15-,16-/m1/s1. The molecule has 0 aromatic heterocycles. The first-order valence-corrected chi connectivity index (χ1v) is 10.1. The molecule has 0 bridgehead atoms. The quantitative estimate of drug-likeness (QED) is 0.882. The molecule has 1 N–H and O–H groups in total. The van der Waals surface area contributed by atoms with Gasteiger partial charge >= 0.3 is 6.18 Å². The monoisotopic (exact) mass is 374 g/mol. The van der Waals surface area contributed by atoms with Gasteiger partial charge in [0.1, 0.15) is 0 Å². The van der Waals surface area contributed by atoms with Gasteiger partial charge < -0.3 is 5.32 Å². The fourth-order valence-corrected chi connectivity index (χ4v) is 6.35. The second kappa shape index (κ2) is 5.96. The Hall–Kier alpha value is -1.12. The lowest BCUT2D eigenvalue weighted by Crippen LogP contribution is -2.45. The molecule has 8 heteroatoms. The van der Waals surface area contributed by atoms with Gasteiger partial charge in [-0.3, -0.25) is 0 Å². The molecule has 25 heavy (non-hydrogen) atoms. The Morgan fingerprint density at radius 3 is 2.52 bits per heavy atom. The maximum absolute atomic E-state index is 13.2. The van der Waals surface area contributed by atoms with E-state index in [1.807, 2.05) is 0 Å². The van der Waals surface area contributed by atoms with Gasteiger partial charge in [-0.15, -0.1) is 0 Å². The molecule has 3 aliphatic rings. The Kier molecular flexibility index (Phi) is 4.12. The van der Waals surface area contributed by atoms with E-state index in [4.69, 9.17) is 0 Å². The summed E-state index contributed by atoms with van der Waals surface area (Å²) in [7, 11) is -3.94. The van der Waals surface area contributed by atoms with E-state index in [0.717, 1.165) is 50.9 Å². The van der Waals surface area contributed by atoms with Gasteiger partial charge in [0.15, 0.2) is 0 Å². The Morgan fingerprint density at radius 1 is 1.08 bits per heavy atom. The number of rotatable bonds is 4. The maximum atomic E-state index is 13.2. The Bertz CT molecular complexity index is 761. The average Bonchev–Trinajstić information content (AvgIpc) is 3.12. The Labute approximate surface area is 145 Å². The SMILES string of the molecule is O=S(=O)(c1cccc(C(F)(F)F)c1)N(C1CC1)[C@@H]1CC[C@@H]2CNC[C@H]21. The van der Waals surface area contributed by atoms with Gasteiger partial charge in [0, 0.05) is 12.1 Å². The number of hydrogen-bond acceptors (Lipinski definition) is 3. The number of nitrogens with one attached hydrogen (secondary N) is 1. The van der Waals surface area contributed by atoms with Gasteiger partial charge in [-0.2, -0.15) is 17.5 Å². The molecule has 1 aromatic carbocycles. The van der Waals surface area contributed by atoms with Crippen molar-refractivity contribution in [3.05, 3.63) is 29.8 Å². The van der Waals surface area contributed by atoms with E-state index >= 15 is 0 Å². The predicted octanol–water partition coefficient (Wildman–Crippen LogP) is 2.86. The molecule has 1 aliphatic heterocycles. The number of sulfonamides is 1. The van der Waals surface area contributed by atoms with Crippen molar-refractivity contribution in [1.82, 2.24) is 9.62 Å². The van der Waals surface area contributed by atoms with Crippen molar-refractivity contribution in [2.45, 2.75) is 48.8 Å². The van der Waals surface area contributed by atoms with Crippen LogP contribution in [0.25, 0.3) is 0 Å². The molecule has 0 radical (unpaired) electrons. The molecule has 3 fully saturated rings. The van der Waals surface area contributed by atoms with E-state index in [-0.39, 0.29) is 22.9 Å². The van der Waals surface area contributed by atoms with E-state index in [1.54, 1.807) is 4.31 Å². The highest BCUT2D eigenvalue weighted by atomic mass is 32.2. The minimum Gasteiger partial charge on any atom is -0.316 e. The maximum Gasteiger partial charge on any atom is 0.416 e. The third-order valence-electron chi connectivity index (χ3n) is 5.69. The second-order valence-corrected chi connectivity index (χ2v) is 9.16. The van der Waals surface area contributed by atoms with E-state index < -0.39 is 21.8 Å². The first kappa shape index (κ1) is 17.3. The van der Waals surface area contributed by atoms with Gasteiger partial charge in [-0.25, -0.2) is 8.42 Å². The van der Waals surface area contributed by atoms with Crippen LogP contribution < -0.4 is 5.32 Å². The van der Waals surface area contributed by atoms with Crippen LogP contribution in [0.2, 0.25) is 0 Å². The summed E-state index contributed by atoms with van der Waals surface area (Å²) >= 11 is 0. The third kappa shape index (κ3) is 3.08. The normalized spacial score (nSPS) is 30.0. The number of nitrogens with zero attached hydrogens (tertiary/aromatic N) is 1. The van der Waals surface area contributed by atoms with Gasteiger partial charge in [0.25, 0.3) is 0 Å². The summed E-state index contributed by atoms with van der Waals surface area (Å²) < 4.78 is 66.9. The Morgan fingerprint density at radius 2 is 1.84 bits per heavy atom. The van der Waals surface area contributed by atoms with Gasteiger partial charge in [-0.05, 0) is 68.8 Å². The van der Waals surface area contributed by atoms with E-state index in [0.29, 0.717) is 5.92 Å². The van der Waals surface area contributed by atoms with Crippen LogP contribution in [-0.2, 0) is 16.2 Å². The van der Waals surface area contributed by atoms with Crippen LogP contribution in [0.15, 0.2) is 29.2 Å². The summed E-state index contributed by atoms with van der Waals surface area (Å²) in [5.41, 5.74) is -0.920. The van der Waals surface area contributed by atoms with Crippen LogP contribution in [0.5, 0.6) is 0 Å². The van der Waals surface area contributed by atoms with Gasteiger partial charge in [0.2, 0.25) is 10.0 Å². The van der Waals surface area contributed by atoms with Crippen molar-refractivity contribution in [3.63, 3.8) is 0 Å². The summed E-state index contributed by atoms with van der Waals surface area (Å²) in [6.07, 6.45) is -1.20. The van der Waals surface area contributed by atoms with Gasteiger partial charge in [-0.1, -0.05) is 6.07 Å². The minimum atomic E-state index is -4.55. The minimum absolute atomic E-state index is 0.0658. The van der Waals surface area contributed by atoms with Crippen molar-refractivity contribution in [1.29, 1.82) is 0 Å². The smallest absolute Gasteiger partial charge is 0.316 e. The predicted molar refractivity (Wildman–Crippen MR) is 86.4 cm³/mol. The van der Waals surface area contributed by atoms with Gasteiger partial charge in [0.05, 0.1) is 10.5 Å². The number of hydrogen-bond donors (Lipinski definition) is 1. The summed E-state index contributed by atoms with van der Waals surface area (Å²) in [6, 6.07) is 3.96. The first-order valence-electron chi connectivity index (χ1n) is 8.70. The Balaban J connectivity index is 1.70. The largest absolute Gasteiger partial charge is 0.416 e. The zero-order valence-electron chi connectivity index (χ0n) is 13.7. The highest BCUT2D eigenvalue weighted by Gasteiger charge is 2.50. The molecule has 138 valence electrons. The molecule has 4 rings (SSSR count). The summed E-state index contributed by atoms with van der Waals surface area (Å²) in [5.74, 6) is 0.740. The van der Waals surface area contributed by atoms with E-state index in [1.165, 1.54) is 12.1 Å². The van der Waals surface area contributed by atoms with Crippen LogP contribution in [0.4, 0.5) is 13.2 Å². The molecule has 2 saturated carbocycles. The molecule has 3 atom stereocenters. The topological polar surface area (TPSA) is 49.4 Å². The molecule has 1 aromatic rings. The molecule has 1 heterocycles. The van der Waals surface area contributed by atoms with Crippen LogP contribution >= 0.6 is 0 Å². The lowest BCUT2D eigenvalue weighted by atomic mass is 9.98. The molecule has 1 saturated heterocycles. The van der Waals surface area contributed by atoms with E-state index in [2.05, 4.69) is 5.32 Å². The van der Waals surface area contributed by atoms with Crippen LogP contribution in [0.3, 0.4) is 0 Å². The van der Waals surface area contributed by atoms with Crippen molar-refractivity contribution >= 4 is 10.0 Å². The number of alkyl halides is 3. The molecular formula is C17H21F3N2O2S.